The first kappa shape index (κ1) is 33.8. The van der Waals surface area contributed by atoms with Gasteiger partial charge in [-0.1, -0.05) is 72.7 Å². The Morgan fingerprint density at radius 1 is 1.04 bits per heavy atom. The van der Waals surface area contributed by atoms with E-state index in [2.05, 4.69) is 17.1 Å². The van der Waals surface area contributed by atoms with Crippen molar-refractivity contribution >= 4 is 57.3 Å². The second kappa shape index (κ2) is 15.0. The van der Waals surface area contributed by atoms with E-state index in [0.717, 1.165) is 36.1 Å². The van der Waals surface area contributed by atoms with Gasteiger partial charge in [-0.2, -0.15) is 0 Å². The molecule has 1 N–H and O–H groups in total. The zero-order chi connectivity index (χ0) is 33.8. The highest BCUT2D eigenvalue weighted by Crippen LogP contribution is 2.46. The molecule has 12 heteroatoms. The molecule has 3 aromatic carbocycles. The summed E-state index contributed by atoms with van der Waals surface area (Å²) in [5.41, 5.74) is 2.91. The molecular weight excluding hydrogens is 670 g/mol. The third-order valence-electron chi connectivity index (χ3n) is 8.08. The van der Waals surface area contributed by atoms with E-state index in [1.54, 1.807) is 30.3 Å². The number of amides is 1. The van der Waals surface area contributed by atoms with Gasteiger partial charge in [0.1, 0.15) is 17.6 Å². The minimum Gasteiger partial charge on any atom is -0.507 e. The lowest BCUT2D eigenvalue weighted by Gasteiger charge is -2.23. The van der Waals surface area contributed by atoms with Crippen molar-refractivity contribution in [1.82, 2.24) is 10.2 Å². The Kier molecular flexibility index (Phi) is 10.6. The molecule has 3 heterocycles. The summed E-state index contributed by atoms with van der Waals surface area (Å²) >= 11 is 8.71. The Bertz CT molecular complexity index is 1840. The number of fused-ring (bicyclic) bond motifs is 1. The van der Waals surface area contributed by atoms with Crippen LogP contribution in [-0.4, -0.2) is 46.3 Å². The number of aliphatic hydroxyl groups excluding tert-OH is 1. The van der Waals surface area contributed by atoms with Crippen LogP contribution in [0.5, 0.6) is 17.2 Å². The predicted molar refractivity (Wildman–Crippen MR) is 189 cm³/mol. The van der Waals surface area contributed by atoms with Crippen LogP contribution in [0.3, 0.4) is 0 Å². The van der Waals surface area contributed by atoms with Crippen molar-refractivity contribution in [1.29, 1.82) is 0 Å². The van der Waals surface area contributed by atoms with E-state index in [1.807, 2.05) is 44.2 Å². The molecule has 1 saturated heterocycles. The maximum absolute atomic E-state index is 13.8. The second-order valence-corrected chi connectivity index (χ2v) is 14.2. The van der Waals surface area contributed by atoms with Gasteiger partial charge in [-0.15, -0.1) is 10.2 Å². The van der Waals surface area contributed by atoms with Crippen molar-refractivity contribution in [3.63, 3.8) is 0 Å². The fourth-order valence-electron chi connectivity index (χ4n) is 5.77. The van der Waals surface area contributed by atoms with Gasteiger partial charge >= 0.3 is 5.91 Å². The molecule has 2 aliphatic heterocycles. The lowest BCUT2D eigenvalue weighted by atomic mass is 9.94. The first-order valence-electron chi connectivity index (χ1n) is 16.0. The number of carbonyl (C=O) groups excluding carboxylic acids is 2. The van der Waals surface area contributed by atoms with E-state index in [1.165, 1.54) is 28.0 Å². The van der Waals surface area contributed by atoms with Gasteiger partial charge in [0, 0.05) is 22.8 Å². The number of Topliss-reactive ketones (excluding diaryl/α,β-unsaturated/α-hetero) is 1. The lowest BCUT2D eigenvalue weighted by Crippen LogP contribution is -2.29. The molecule has 9 nitrogen and oxygen atoms in total. The number of hydrogen-bond donors (Lipinski definition) is 1. The Morgan fingerprint density at radius 3 is 2.62 bits per heavy atom. The summed E-state index contributed by atoms with van der Waals surface area (Å²) in [6, 6.07) is 17.2. The number of halogens is 1. The molecule has 0 bridgehead atoms. The van der Waals surface area contributed by atoms with Crippen molar-refractivity contribution in [2.45, 2.75) is 68.7 Å². The van der Waals surface area contributed by atoms with Crippen molar-refractivity contribution in [2.24, 2.45) is 0 Å². The minimum absolute atomic E-state index is 0.00632. The van der Waals surface area contributed by atoms with Crippen molar-refractivity contribution in [3.8, 4) is 17.2 Å². The number of unbranched alkanes of at least 4 members (excludes halogenated alkanes) is 2. The van der Waals surface area contributed by atoms with Crippen LogP contribution in [0.25, 0.3) is 5.76 Å². The van der Waals surface area contributed by atoms with Gasteiger partial charge in [-0.3, -0.25) is 14.5 Å². The largest absolute Gasteiger partial charge is 0.507 e. The molecule has 250 valence electrons. The summed E-state index contributed by atoms with van der Waals surface area (Å²) in [7, 11) is 0. The fourth-order valence-corrected chi connectivity index (χ4v) is 7.72. The van der Waals surface area contributed by atoms with Crippen LogP contribution in [0.15, 0.2) is 70.6 Å². The molecule has 0 unspecified atom stereocenters. The number of carbonyl (C=O) groups is 2. The zero-order valence-corrected chi connectivity index (χ0v) is 29.3. The molecule has 1 aromatic heterocycles. The first-order valence-corrected chi connectivity index (χ1v) is 18.2. The summed E-state index contributed by atoms with van der Waals surface area (Å²) in [5.74, 6) is 0.517. The molecular formula is C36H36ClN3O6S2. The smallest absolute Gasteiger partial charge is 0.301 e. The van der Waals surface area contributed by atoms with E-state index >= 15 is 0 Å². The number of thioether (sulfide) groups is 1. The zero-order valence-electron chi connectivity index (χ0n) is 26.9. The first-order chi connectivity index (χ1) is 23.3. The average molecular weight is 706 g/mol. The number of nitrogens with zero attached hydrogens (tertiary/aromatic N) is 3. The summed E-state index contributed by atoms with van der Waals surface area (Å²) < 4.78 is 18.5. The monoisotopic (exact) mass is 705 g/mol. The van der Waals surface area contributed by atoms with E-state index in [4.69, 9.17) is 25.8 Å². The van der Waals surface area contributed by atoms with E-state index in [9.17, 15) is 14.7 Å². The van der Waals surface area contributed by atoms with Gasteiger partial charge in [-0.25, -0.2) is 0 Å². The van der Waals surface area contributed by atoms with Crippen LogP contribution >= 0.6 is 34.7 Å². The fraction of sp³-hybridized carbons (Fsp3) is 0.333. The Morgan fingerprint density at radius 2 is 1.85 bits per heavy atom. The third-order valence-corrected chi connectivity index (χ3v) is 10.5. The number of rotatable bonds is 13. The number of ether oxygens (including phenoxy) is 3. The van der Waals surface area contributed by atoms with E-state index in [-0.39, 0.29) is 22.6 Å². The molecule has 48 heavy (non-hydrogen) atoms. The number of hydrogen-bond acceptors (Lipinski definition) is 10. The van der Waals surface area contributed by atoms with Crippen LogP contribution in [0.1, 0.15) is 68.3 Å². The maximum Gasteiger partial charge on any atom is 0.301 e. The quantitative estimate of drug-likeness (QED) is 0.0366. The van der Waals surface area contributed by atoms with Gasteiger partial charge in [0.2, 0.25) is 5.13 Å². The number of aliphatic hydroxyl groups is 1. The lowest BCUT2D eigenvalue weighted by molar-refractivity contribution is -0.132. The number of aromatic nitrogens is 2. The summed E-state index contributed by atoms with van der Waals surface area (Å²) in [5, 5.41) is 21.3. The Hall–Kier alpha value is -4.06. The Balaban J connectivity index is 1.39. The van der Waals surface area contributed by atoms with Crippen LogP contribution in [0.2, 0.25) is 5.02 Å². The van der Waals surface area contributed by atoms with Gasteiger partial charge in [0.25, 0.3) is 5.78 Å². The van der Waals surface area contributed by atoms with E-state index in [0.29, 0.717) is 57.4 Å². The average Bonchev–Trinajstić information content (AvgIpc) is 3.77. The standard InChI is InChI=1S/C36H36ClN3O6S2/c1-4-6-7-16-45-28-15-10-23(19-29(28)44-5-2)31-30(32(41)24-11-14-27-25(18-24)17-21(3)46-27)33(42)34(43)40(31)35-38-39-36(48-35)47-20-22-8-12-26(37)13-9-22/h8-15,18-19,21,31,41H,4-7,16-17,20H2,1-3H3/b32-30+/t21-,31-/m0/s1. The topological polar surface area (TPSA) is 111 Å². The van der Waals surface area contributed by atoms with Crippen molar-refractivity contribution in [3.05, 3.63) is 93.5 Å². The van der Waals surface area contributed by atoms with Crippen LogP contribution in [-0.2, 0) is 21.8 Å². The third kappa shape index (κ3) is 7.18. The van der Waals surface area contributed by atoms with Crippen LogP contribution < -0.4 is 19.1 Å². The van der Waals surface area contributed by atoms with Crippen molar-refractivity contribution < 1.29 is 28.9 Å². The van der Waals surface area contributed by atoms with Gasteiger partial charge in [-0.05, 0) is 79.4 Å². The predicted octanol–water partition coefficient (Wildman–Crippen LogP) is 8.40. The highest BCUT2D eigenvalue weighted by atomic mass is 35.5. The highest BCUT2D eigenvalue weighted by Gasteiger charge is 2.48. The van der Waals surface area contributed by atoms with Gasteiger partial charge in [0.05, 0.1) is 24.8 Å². The highest BCUT2D eigenvalue weighted by molar-refractivity contribution is 8.00. The molecule has 2 atom stereocenters. The summed E-state index contributed by atoms with van der Waals surface area (Å²) in [6.45, 7) is 6.90. The molecule has 1 amide bonds. The second-order valence-electron chi connectivity index (χ2n) is 11.6. The minimum atomic E-state index is -0.996. The number of anilines is 1. The normalized spacial score (nSPS) is 18.2. The van der Waals surface area contributed by atoms with E-state index < -0.39 is 17.7 Å². The molecule has 0 spiro atoms. The van der Waals surface area contributed by atoms with Crippen LogP contribution in [0, 0.1) is 0 Å². The number of benzene rings is 3. The SMILES string of the molecule is CCCCCOc1ccc([C@H]2/C(=C(\O)c3ccc4c(c3)C[C@H](C)O4)C(=O)C(=O)N2c2nnc(SCc3ccc(Cl)cc3)s2)cc1OCC. The molecule has 1 fully saturated rings. The van der Waals surface area contributed by atoms with Crippen molar-refractivity contribution in [2.75, 3.05) is 18.1 Å². The molecule has 0 saturated carbocycles. The van der Waals surface area contributed by atoms with Crippen LogP contribution in [0.4, 0.5) is 5.13 Å². The molecule has 0 radical (unpaired) electrons. The molecule has 4 aromatic rings. The Labute approximate surface area is 292 Å². The molecule has 2 aliphatic rings. The number of ketones is 1. The maximum atomic E-state index is 13.8. The van der Waals surface area contributed by atoms with Gasteiger partial charge < -0.3 is 19.3 Å². The molecule has 6 rings (SSSR count). The summed E-state index contributed by atoms with van der Waals surface area (Å²) in [6.07, 6.45) is 3.71. The van der Waals surface area contributed by atoms with Gasteiger partial charge in [0.15, 0.2) is 15.8 Å². The summed E-state index contributed by atoms with van der Waals surface area (Å²) in [4.78, 5) is 29.0. The molecule has 0 aliphatic carbocycles.